The number of nitrogens with one attached hydrogen (secondary N) is 1. The summed E-state index contributed by atoms with van der Waals surface area (Å²) in [7, 11) is 0. The first kappa shape index (κ1) is 15.4. The van der Waals surface area contributed by atoms with E-state index in [0.29, 0.717) is 32.7 Å². The summed E-state index contributed by atoms with van der Waals surface area (Å²) in [5.74, 6) is -1.64. The molecule has 0 aromatic heterocycles. The molecule has 1 fully saturated rings. The van der Waals surface area contributed by atoms with Gasteiger partial charge in [-0.3, -0.25) is 14.4 Å². The van der Waals surface area contributed by atoms with E-state index in [1.54, 1.807) is 0 Å². The van der Waals surface area contributed by atoms with Crippen LogP contribution in [-0.2, 0) is 14.4 Å². The van der Waals surface area contributed by atoms with Crippen molar-refractivity contribution in [3.8, 4) is 0 Å². The zero-order valence-corrected chi connectivity index (χ0v) is 11.5. The molecule has 0 atom stereocenters. The number of nitrogens with zero attached hydrogens (tertiary/aromatic N) is 2. The van der Waals surface area contributed by atoms with Gasteiger partial charge in [-0.2, -0.15) is 0 Å². The normalized spacial score (nSPS) is 15.4. The average Bonchev–Trinajstić information content (AvgIpc) is 2.36. The van der Waals surface area contributed by atoms with Crippen LogP contribution in [-0.4, -0.2) is 66.8 Å². The molecule has 3 amide bonds. The van der Waals surface area contributed by atoms with Gasteiger partial charge in [-0.1, -0.05) is 13.8 Å². The number of amides is 3. The minimum absolute atomic E-state index is 0.166. The Balaban J connectivity index is 2.67. The Bertz CT molecular complexity index is 351. The van der Waals surface area contributed by atoms with Crippen molar-refractivity contribution in [3.05, 3.63) is 0 Å². The lowest BCUT2D eigenvalue weighted by Gasteiger charge is -2.30. The topological polar surface area (TPSA) is 95.7 Å². The molecule has 0 unspecified atom stereocenters. The fourth-order valence-electron chi connectivity index (χ4n) is 1.99. The van der Waals surface area contributed by atoms with E-state index < -0.39 is 17.7 Å². The van der Waals surface area contributed by atoms with E-state index in [1.165, 1.54) is 9.80 Å². The molecule has 1 aliphatic rings. The van der Waals surface area contributed by atoms with Crippen molar-refractivity contribution in [2.45, 2.75) is 13.8 Å². The maximum absolute atomic E-state index is 12.1. The molecular weight excluding hydrogens is 248 g/mol. The second-order valence-corrected chi connectivity index (χ2v) is 5.09. The van der Waals surface area contributed by atoms with E-state index in [-0.39, 0.29) is 12.5 Å². The van der Waals surface area contributed by atoms with Gasteiger partial charge in [0.2, 0.25) is 5.91 Å². The Morgan fingerprint density at radius 2 is 1.84 bits per heavy atom. The van der Waals surface area contributed by atoms with Crippen LogP contribution in [0.25, 0.3) is 0 Å². The van der Waals surface area contributed by atoms with Crippen LogP contribution in [0.5, 0.6) is 0 Å². The van der Waals surface area contributed by atoms with E-state index in [2.05, 4.69) is 5.32 Å². The smallest absolute Gasteiger partial charge is 0.312 e. The number of rotatable bonds is 4. The standard InChI is InChI=1S/C12H22N4O3/c1-9(2)7-16(8-10(13)17)12(19)11(18)15-5-3-14-4-6-15/h9,14H,3-8H2,1-2H3,(H2,13,17). The van der Waals surface area contributed by atoms with Gasteiger partial charge >= 0.3 is 11.8 Å². The van der Waals surface area contributed by atoms with Gasteiger partial charge in [0, 0.05) is 32.7 Å². The monoisotopic (exact) mass is 270 g/mol. The highest BCUT2D eigenvalue weighted by atomic mass is 16.2. The molecule has 7 heteroatoms. The van der Waals surface area contributed by atoms with Crippen molar-refractivity contribution >= 4 is 17.7 Å². The summed E-state index contributed by atoms with van der Waals surface area (Å²) in [4.78, 5) is 37.9. The predicted molar refractivity (Wildman–Crippen MR) is 70.1 cm³/mol. The van der Waals surface area contributed by atoms with E-state index >= 15 is 0 Å². The van der Waals surface area contributed by atoms with E-state index in [9.17, 15) is 14.4 Å². The van der Waals surface area contributed by atoms with Crippen LogP contribution in [0.15, 0.2) is 0 Å². The predicted octanol–water partition coefficient (Wildman–Crippen LogP) is -1.61. The quantitative estimate of drug-likeness (QED) is 0.601. The number of nitrogens with two attached hydrogens (primary N) is 1. The largest absolute Gasteiger partial charge is 0.368 e. The Morgan fingerprint density at radius 1 is 1.26 bits per heavy atom. The fourth-order valence-corrected chi connectivity index (χ4v) is 1.99. The lowest BCUT2D eigenvalue weighted by atomic mass is 10.2. The molecule has 19 heavy (non-hydrogen) atoms. The van der Waals surface area contributed by atoms with Gasteiger partial charge in [0.05, 0.1) is 6.54 Å². The highest BCUT2D eigenvalue weighted by Gasteiger charge is 2.28. The van der Waals surface area contributed by atoms with Crippen molar-refractivity contribution in [1.29, 1.82) is 0 Å². The third-order valence-corrected chi connectivity index (χ3v) is 2.81. The first-order valence-electron chi connectivity index (χ1n) is 6.49. The number of piperazine rings is 1. The van der Waals surface area contributed by atoms with E-state index in [4.69, 9.17) is 5.73 Å². The van der Waals surface area contributed by atoms with Gasteiger partial charge in [-0.25, -0.2) is 0 Å². The van der Waals surface area contributed by atoms with Gasteiger partial charge in [0.1, 0.15) is 0 Å². The molecule has 0 bridgehead atoms. The van der Waals surface area contributed by atoms with Crippen LogP contribution in [0.4, 0.5) is 0 Å². The van der Waals surface area contributed by atoms with Crippen molar-refractivity contribution in [2.75, 3.05) is 39.3 Å². The Morgan fingerprint density at radius 3 is 2.32 bits per heavy atom. The molecule has 108 valence electrons. The first-order chi connectivity index (χ1) is 8.91. The van der Waals surface area contributed by atoms with Gasteiger partial charge in [-0.05, 0) is 5.92 Å². The molecule has 7 nitrogen and oxygen atoms in total. The number of hydrogen-bond donors (Lipinski definition) is 2. The molecule has 0 aromatic carbocycles. The van der Waals surface area contributed by atoms with E-state index in [1.807, 2.05) is 13.8 Å². The van der Waals surface area contributed by atoms with Gasteiger partial charge < -0.3 is 20.9 Å². The van der Waals surface area contributed by atoms with E-state index in [0.717, 1.165) is 0 Å². The van der Waals surface area contributed by atoms with Crippen molar-refractivity contribution < 1.29 is 14.4 Å². The molecule has 0 aliphatic carbocycles. The highest BCUT2D eigenvalue weighted by molar-refractivity contribution is 6.35. The van der Waals surface area contributed by atoms with Crippen LogP contribution >= 0.6 is 0 Å². The molecule has 0 spiro atoms. The van der Waals surface area contributed by atoms with Gasteiger partial charge in [-0.15, -0.1) is 0 Å². The average molecular weight is 270 g/mol. The molecule has 0 saturated carbocycles. The second kappa shape index (κ2) is 7.08. The second-order valence-electron chi connectivity index (χ2n) is 5.09. The number of hydrogen-bond acceptors (Lipinski definition) is 4. The lowest BCUT2D eigenvalue weighted by molar-refractivity contribution is -0.153. The Labute approximate surface area is 113 Å². The first-order valence-corrected chi connectivity index (χ1v) is 6.49. The number of carbonyl (C=O) groups is 3. The van der Waals surface area contributed by atoms with Crippen molar-refractivity contribution in [3.63, 3.8) is 0 Å². The van der Waals surface area contributed by atoms with Crippen LogP contribution in [0, 0.1) is 5.92 Å². The molecule has 1 saturated heterocycles. The summed E-state index contributed by atoms with van der Waals surface area (Å²) in [5.41, 5.74) is 5.12. The third kappa shape index (κ3) is 4.86. The third-order valence-electron chi connectivity index (χ3n) is 2.81. The molecular formula is C12H22N4O3. The highest BCUT2D eigenvalue weighted by Crippen LogP contribution is 2.03. The molecule has 3 N–H and O–H groups in total. The van der Waals surface area contributed by atoms with Crippen LogP contribution < -0.4 is 11.1 Å². The summed E-state index contributed by atoms with van der Waals surface area (Å²) >= 11 is 0. The Hall–Kier alpha value is -1.63. The zero-order valence-electron chi connectivity index (χ0n) is 11.5. The van der Waals surface area contributed by atoms with Crippen LogP contribution in [0.2, 0.25) is 0 Å². The number of carbonyl (C=O) groups excluding carboxylic acids is 3. The van der Waals surface area contributed by atoms with Gasteiger partial charge in [0.15, 0.2) is 0 Å². The summed E-state index contributed by atoms with van der Waals surface area (Å²) < 4.78 is 0. The van der Waals surface area contributed by atoms with Gasteiger partial charge in [0.25, 0.3) is 0 Å². The molecule has 0 aromatic rings. The maximum Gasteiger partial charge on any atom is 0.312 e. The molecule has 1 heterocycles. The fraction of sp³-hybridized carbons (Fsp3) is 0.750. The minimum atomic E-state index is -0.644. The number of primary amides is 1. The maximum atomic E-state index is 12.1. The zero-order chi connectivity index (χ0) is 14.4. The summed E-state index contributed by atoms with van der Waals surface area (Å²) in [6.45, 7) is 6.34. The van der Waals surface area contributed by atoms with Crippen molar-refractivity contribution in [1.82, 2.24) is 15.1 Å². The summed E-state index contributed by atoms with van der Waals surface area (Å²) in [6.07, 6.45) is 0. The molecule has 1 aliphatic heterocycles. The lowest BCUT2D eigenvalue weighted by Crippen LogP contribution is -2.53. The minimum Gasteiger partial charge on any atom is -0.368 e. The molecule has 1 rings (SSSR count). The van der Waals surface area contributed by atoms with Crippen LogP contribution in [0.3, 0.4) is 0 Å². The summed E-state index contributed by atoms with van der Waals surface area (Å²) in [5, 5.41) is 3.11. The molecule has 0 radical (unpaired) electrons. The van der Waals surface area contributed by atoms with Crippen molar-refractivity contribution in [2.24, 2.45) is 11.7 Å². The Kier molecular flexibility index (Phi) is 5.75. The SMILES string of the molecule is CC(C)CN(CC(N)=O)C(=O)C(=O)N1CCNCC1. The van der Waals surface area contributed by atoms with Crippen LogP contribution in [0.1, 0.15) is 13.8 Å². The summed E-state index contributed by atoms with van der Waals surface area (Å²) in [6, 6.07) is 0.